The number of nitrogens with zero attached hydrogens (tertiary/aromatic N) is 1. The first kappa shape index (κ1) is 33.5. The Morgan fingerprint density at radius 1 is 0.972 bits per heavy atom. The van der Waals surface area contributed by atoms with Crippen LogP contribution in [-0.2, 0) is 12.8 Å². The number of phenols is 2. The Bertz CT molecular complexity index is 899. The molecule has 2 aromatic rings. The van der Waals surface area contributed by atoms with Gasteiger partial charge in [0.15, 0.2) is 11.5 Å². The fourth-order valence-corrected chi connectivity index (χ4v) is 6.35. The highest BCUT2D eigenvalue weighted by Gasteiger charge is 2.26. The molecular formula is C27H40Cl4N2O2S. The summed E-state index contributed by atoms with van der Waals surface area (Å²) in [5.74, 6) is 1.04. The third kappa shape index (κ3) is 9.98. The summed E-state index contributed by atoms with van der Waals surface area (Å²) in [6.45, 7) is 6.51. The summed E-state index contributed by atoms with van der Waals surface area (Å²) >= 11 is 14.1. The SMILES string of the molecule is CCCN(CCCCCCNCCSc1c(Cl)cccc1Cl)C1CCc2c(ccc(O)c2O)C1.Cl.Cl. The fourth-order valence-electron chi connectivity index (χ4n) is 4.77. The van der Waals surface area contributed by atoms with E-state index in [2.05, 4.69) is 17.1 Å². The van der Waals surface area contributed by atoms with E-state index in [1.807, 2.05) is 24.3 Å². The molecule has 0 bridgehead atoms. The summed E-state index contributed by atoms with van der Waals surface area (Å²) in [5, 5.41) is 24.9. The van der Waals surface area contributed by atoms with E-state index < -0.39 is 0 Å². The second-order valence-electron chi connectivity index (χ2n) is 9.07. The van der Waals surface area contributed by atoms with Crippen LogP contribution in [-0.4, -0.2) is 53.1 Å². The van der Waals surface area contributed by atoms with Crippen molar-refractivity contribution in [3.63, 3.8) is 0 Å². The molecule has 0 amide bonds. The van der Waals surface area contributed by atoms with Crippen LogP contribution in [0.4, 0.5) is 0 Å². The van der Waals surface area contributed by atoms with Crippen molar-refractivity contribution in [1.82, 2.24) is 10.2 Å². The van der Waals surface area contributed by atoms with E-state index in [4.69, 9.17) is 23.2 Å². The predicted molar refractivity (Wildman–Crippen MR) is 160 cm³/mol. The average Bonchev–Trinajstić information content (AvgIpc) is 2.83. The first-order valence-electron chi connectivity index (χ1n) is 12.6. The van der Waals surface area contributed by atoms with Crippen molar-refractivity contribution < 1.29 is 10.2 Å². The maximum Gasteiger partial charge on any atom is 0.160 e. The smallest absolute Gasteiger partial charge is 0.160 e. The third-order valence-electron chi connectivity index (χ3n) is 6.56. The lowest BCUT2D eigenvalue weighted by Gasteiger charge is -2.35. The van der Waals surface area contributed by atoms with E-state index >= 15 is 0 Å². The molecule has 3 rings (SSSR count). The van der Waals surface area contributed by atoms with Crippen LogP contribution in [0.1, 0.15) is 56.6 Å². The van der Waals surface area contributed by atoms with E-state index in [0.29, 0.717) is 6.04 Å². The largest absolute Gasteiger partial charge is 0.504 e. The molecule has 1 aliphatic rings. The molecule has 0 radical (unpaired) electrons. The van der Waals surface area contributed by atoms with Crippen molar-refractivity contribution >= 4 is 59.8 Å². The van der Waals surface area contributed by atoms with Crippen LogP contribution < -0.4 is 5.32 Å². The molecule has 0 spiro atoms. The van der Waals surface area contributed by atoms with Gasteiger partial charge in [0.25, 0.3) is 0 Å². The molecule has 2 aromatic carbocycles. The molecule has 0 aromatic heterocycles. The van der Waals surface area contributed by atoms with Gasteiger partial charge in [0.05, 0.1) is 10.0 Å². The Kier molecular flexibility index (Phi) is 16.6. The molecule has 9 heteroatoms. The second kappa shape index (κ2) is 17.9. The molecule has 3 N–H and O–H groups in total. The van der Waals surface area contributed by atoms with Gasteiger partial charge in [-0.2, -0.15) is 0 Å². The lowest BCUT2D eigenvalue weighted by atomic mass is 9.86. The first-order chi connectivity index (χ1) is 16.5. The summed E-state index contributed by atoms with van der Waals surface area (Å²) < 4.78 is 0. The molecule has 0 fully saturated rings. The van der Waals surface area contributed by atoms with Gasteiger partial charge in [-0.05, 0) is 81.9 Å². The van der Waals surface area contributed by atoms with Gasteiger partial charge in [-0.3, -0.25) is 0 Å². The monoisotopic (exact) mass is 596 g/mol. The number of thioether (sulfide) groups is 1. The molecule has 1 unspecified atom stereocenters. The van der Waals surface area contributed by atoms with E-state index in [1.165, 1.54) is 31.2 Å². The molecular weight excluding hydrogens is 558 g/mol. The summed E-state index contributed by atoms with van der Waals surface area (Å²) in [7, 11) is 0. The van der Waals surface area contributed by atoms with Crippen LogP contribution in [0.5, 0.6) is 11.5 Å². The number of benzene rings is 2. The topological polar surface area (TPSA) is 55.7 Å². The van der Waals surface area contributed by atoms with Crippen molar-refractivity contribution in [2.75, 3.05) is 31.9 Å². The van der Waals surface area contributed by atoms with E-state index in [1.54, 1.807) is 17.8 Å². The minimum atomic E-state index is 0. The number of halogens is 4. The number of hydrogen-bond acceptors (Lipinski definition) is 5. The zero-order chi connectivity index (χ0) is 24.3. The molecule has 4 nitrogen and oxygen atoms in total. The number of phenolic OH excluding ortho intramolecular Hbond substituents is 2. The van der Waals surface area contributed by atoms with E-state index in [0.717, 1.165) is 78.1 Å². The van der Waals surface area contributed by atoms with Gasteiger partial charge >= 0.3 is 0 Å². The fraction of sp³-hybridized carbons (Fsp3) is 0.556. The number of fused-ring (bicyclic) bond motifs is 1. The summed E-state index contributed by atoms with van der Waals surface area (Å²) in [5.41, 5.74) is 2.13. The van der Waals surface area contributed by atoms with Gasteiger partial charge < -0.3 is 20.4 Å². The van der Waals surface area contributed by atoms with Gasteiger partial charge in [0.2, 0.25) is 0 Å². The van der Waals surface area contributed by atoms with E-state index in [-0.39, 0.29) is 36.3 Å². The zero-order valence-electron chi connectivity index (χ0n) is 21.0. The standard InChI is InChI=1S/C27H38Cl2N2O2S.2ClH/c1-2-16-31(21-11-12-22-20(19-21)10-13-25(32)26(22)33)17-6-4-3-5-14-30-15-18-34-27-23(28)8-7-9-24(27)29;;/h7-10,13,21,30,32-33H,2-6,11-12,14-19H2,1H3;2*1H. The molecule has 1 atom stereocenters. The number of hydrogen-bond donors (Lipinski definition) is 3. The molecule has 1 aliphatic carbocycles. The highest BCUT2D eigenvalue weighted by Crippen LogP contribution is 2.37. The Morgan fingerprint density at radius 2 is 1.69 bits per heavy atom. The Hall–Kier alpha value is -0.530. The van der Waals surface area contributed by atoms with Gasteiger partial charge in [0.1, 0.15) is 0 Å². The predicted octanol–water partition coefficient (Wildman–Crippen LogP) is 7.76. The molecule has 0 heterocycles. The van der Waals surface area contributed by atoms with Crippen LogP contribution in [0.25, 0.3) is 0 Å². The van der Waals surface area contributed by atoms with Gasteiger partial charge in [-0.25, -0.2) is 0 Å². The number of aromatic hydroxyl groups is 2. The zero-order valence-corrected chi connectivity index (χ0v) is 24.9. The number of rotatable bonds is 14. The molecule has 204 valence electrons. The second-order valence-corrected chi connectivity index (χ2v) is 11.0. The van der Waals surface area contributed by atoms with Crippen molar-refractivity contribution in [2.24, 2.45) is 0 Å². The third-order valence-corrected chi connectivity index (χ3v) is 8.55. The van der Waals surface area contributed by atoms with Crippen molar-refractivity contribution in [3.05, 3.63) is 51.5 Å². The van der Waals surface area contributed by atoms with E-state index in [9.17, 15) is 10.2 Å². The maximum absolute atomic E-state index is 10.2. The van der Waals surface area contributed by atoms with Crippen LogP contribution in [0.2, 0.25) is 10.0 Å². The van der Waals surface area contributed by atoms with Crippen molar-refractivity contribution in [2.45, 2.75) is 69.2 Å². The van der Waals surface area contributed by atoms with Crippen LogP contribution in [0.15, 0.2) is 35.2 Å². The van der Waals surface area contributed by atoms with Gasteiger partial charge in [0, 0.05) is 28.8 Å². The average molecular weight is 599 g/mol. The van der Waals surface area contributed by atoms with Crippen molar-refractivity contribution in [3.8, 4) is 11.5 Å². The summed E-state index contributed by atoms with van der Waals surface area (Å²) in [6, 6.07) is 9.78. The van der Waals surface area contributed by atoms with Gasteiger partial charge in [-0.1, -0.05) is 55.1 Å². The minimum Gasteiger partial charge on any atom is -0.504 e. The molecule has 0 saturated carbocycles. The first-order valence-corrected chi connectivity index (χ1v) is 14.3. The lowest BCUT2D eigenvalue weighted by molar-refractivity contribution is 0.175. The number of unbranched alkanes of at least 4 members (excludes halogenated alkanes) is 3. The minimum absolute atomic E-state index is 0. The van der Waals surface area contributed by atoms with Crippen molar-refractivity contribution in [1.29, 1.82) is 0 Å². The maximum atomic E-state index is 10.2. The van der Waals surface area contributed by atoms with Gasteiger partial charge in [-0.15, -0.1) is 36.6 Å². The quantitative estimate of drug-likeness (QED) is 0.118. The highest BCUT2D eigenvalue weighted by molar-refractivity contribution is 7.99. The molecule has 0 saturated heterocycles. The Morgan fingerprint density at radius 3 is 2.42 bits per heavy atom. The van der Waals surface area contributed by atoms with Crippen LogP contribution in [0, 0.1) is 0 Å². The normalized spacial score (nSPS) is 14.7. The van der Waals surface area contributed by atoms with Crippen LogP contribution in [0.3, 0.4) is 0 Å². The Labute approximate surface area is 243 Å². The highest BCUT2D eigenvalue weighted by atomic mass is 35.5. The Balaban J connectivity index is 0.00000324. The van der Waals surface area contributed by atoms with Crippen LogP contribution >= 0.6 is 59.8 Å². The molecule has 36 heavy (non-hydrogen) atoms. The summed E-state index contributed by atoms with van der Waals surface area (Å²) in [4.78, 5) is 3.61. The lowest BCUT2D eigenvalue weighted by Crippen LogP contribution is -2.40. The number of nitrogens with one attached hydrogen (secondary N) is 1. The molecule has 0 aliphatic heterocycles. The summed E-state index contributed by atoms with van der Waals surface area (Å²) in [6.07, 6.45) is 8.94.